The van der Waals surface area contributed by atoms with E-state index in [1.807, 2.05) is 41.3 Å². The third kappa shape index (κ3) is 1.67. The number of imidazole rings is 1. The molecule has 0 saturated carbocycles. The largest absolute Gasteiger partial charge is 0.327 e. The first kappa shape index (κ1) is 12.6. The zero-order chi connectivity index (χ0) is 14.3. The van der Waals surface area contributed by atoms with E-state index in [2.05, 4.69) is 16.2 Å². The van der Waals surface area contributed by atoms with E-state index in [9.17, 15) is 5.26 Å². The Bertz CT molecular complexity index is 891. The van der Waals surface area contributed by atoms with Gasteiger partial charge in [-0.1, -0.05) is 12.1 Å². The van der Waals surface area contributed by atoms with Crippen molar-refractivity contribution in [1.29, 1.82) is 5.26 Å². The molecule has 0 aliphatic rings. The van der Waals surface area contributed by atoms with Crippen LogP contribution in [-0.2, 0) is 6.54 Å². The van der Waals surface area contributed by atoms with Gasteiger partial charge in [0.1, 0.15) is 11.6 Å². The summed E-state index contributed by atoms with van der Waals surface area (Å²) in [5.74, 6) is 0. The second-order valence-electron chi connectivity index (χ2n) is 4.49. The molecule has 3 aromatic rings. The van der Waals surface area contributed by atoms with Gasteiger partial charge in [0.05, 0.1) is 16.9 Å². The average Bonchev–Trinajstić information content (AvgIpc) is 2.95. The van der Waals surface area contributed by atoms with Crippen molar-refractivity contribution in [2.75, 3.05) is 0 Å². The molecule has 2 aromatic heterocycles. The lowest BCUT2D eigenvalue weighted by Gasteiger charge is -2.07. The molecule has 20 heavy (non-hydrogen) atoms. The van der Waals surface area contributed by atoms with Crippen molar-refractivity contribution < 1.29 is 0 Å². The Labute approximate surface area is 121 Å². The SMILES string of the molecule is CCn1nc(C)c2[nH]c(=S)n(-c3ccccc3C#N)c21. The number of benzene rings is 1. The van der Waals surface area contributed by atoms with Gasteiger partial charge >= 0.3 is 0 Å². The number of rotatable bonds is 2. The summed E-state index contributed by atoms with van der Waals surface area (Å²) >= 11 is 5.42. The van der Waals surface area contributed by atoms with Crippen LogP contribution in [0.25, 0.3) is 16.9 Å². The highest BCUT2D eigenvalue weighted by Gasteiger charge is 2.16. The molecular weight excluding hydrogens is 270 g/mol. The van der Waals surface area contributed by atoms with E-state index < -0.39 is 0 Å². The first-order valence-electron chi connectivity index (χ1n) is 6.35. The number of nitrogens with one attached hydrogen (secondary N) is 1. The molecule has 0 unspecified atom stereocenters. The maximum atomic E-state index is 9.28. The number of aromatic amines is 1. The van der Waals surface area contributed by atoms with Crippen molar-refractivity contribution in [3.63, 3.8) is 0 Å². The van der Waals surface area contributed by atoms with Gasteiger partial charge < -0.3 is 4.98 Å². The number of hydrogen-bond donors (Lipinski definition) is 1. The number of nitrogens with zero attached hydrogens (tertiary/aromatic N) is 4. The van der Waals surface area contributed by atoms with E-state index in [0.717, 1.165) is 29.1 Å². The number of hydrogen-bond acceptors (Lipinski definition) is 3. The van der Waals surface area contributed by atoms with Crippen molar-refractivity contribution in [2.45, 2.75) is 20.4 Å². The minimum absolute atomic E-state index is 0.574. The molecule has 6 heteroatoms. The van der Waals surface area contributed by atoms with Crippen LogP contribution in [0.5, 0.6) is 0 Å². The lowest BCUT2D eigenvalue weighted by Crippen LogP contribution is -2.04. The van der Waals surface area contributed by atoms with E-state index in [1.165, 1.54) is 0 Å². The summed E-state index contributed by atoms with van der Waals surface area (Å²) in [4.78, 5) is 3.18. The molecule has 0 saturated heterocycles. The van der Waals surface area contributed by atoms with Crippen LogP contribution >= 0.6 is 12.2 Å². The number of para-hydroxylation sites is 1. The zero-order valence-corrected chi connectivity index (χ0v) is 12.0. The summed E-state index contributed by atoms with van der Waals surface area (Å²) in [6, 6.07) is 9.63. The highest BCUT2D eigenvalue weighted by Crippen LogP contribution is 2.24. The molecule has 0 amide bonds. The van der Waals surface area contributed by atoms with Gasteiger partial charge in [-0.15, -0.1) is 0 Å². The van der Waals surface area contributed by atoms with Gasteiger partial charge in [0.15, 0.2) is 10.4 Å². The van der Waals surface area contributed by atoms with E-state index >= 15 is 0 Å². The van der Waals surface area contributed by atoms with Crippen molar-refractivity contribution in [1.82, 2.24) is 19.3 Å². The molecule has 1 N–H and O–H groups in total. The van der Waals surface area contributed by atoms with Crippen molar-refractivity contribution >= 4 is 23.4 Å². The van der Waals surface area contributed by atoms with Gasteiger partial charge in [0.2, 0.25) is 0 Å². The number of H-pyrrole nitrogens is 1. The Morgan fingerprint density at radius 3 is 2.85 bits per heavy atom. The molecule has 5 nitrogen and oxygen atoms in total. The fraction of sp³-hybridized carbons (Fsp3) is 0.214. The molecule has 0 fully saturated rings. The van der Waals surface area contributed by atoms with Gasteiger partial charge in [-0.3, -0.25) is 4.57 Å². The second kappa shape index (κ2) is 4.62. The Balaban J connectivity index is 2.45. The maximum absolute atomic E-state index is 9.28. The molecule has 0 atom stereocenters. The van der Waals surface area contributed by atoms with Gasteiger partial charge in [-0.2, -0.15) is 10.4 Å². The smallest absolute Gasteiger partial charge is 0.184 e. The first-order valence-corrected chi connectivity index (χ1v) is 6.75. The molecule has 0 radical (unpaired) electrons. The van der Waals surface area contributed by atoms with E-state index in [1.54, 1.807) is 6.07 Å². The molecule has 1 aromatic carbocycles. The topological polar surface area (TPSA) is 62.3 Å². The normalized spacial score (nSPS) is 10.8. The summed E-state index contributed by atoms with van der Waals surface area (Å²) in [5, 5.41) is 13.8. The molecule has 2 heterocycles. The zero-order valence-electron chi connectivity index (χ0n) is 11.2. The van der Waals surface area contributed by atoms with Crippen molar-refractivity contribution in [3.05, 3.63) is 40.3 Å². The molecule has 3 rings (SSSR count). The summed E-state index contributed by atoms with van der Waals surface area (Å²) in [6.07, 6.45) is 0. The van der Waals surface area contributed by atoms with E-state index in [4.69, 9.17) is 12.2 Å². The molecule has 0 bridgehead atoms. The maximum Gasteiger partial charge on any atom is 0.184 e. The highest BCUT2D eigenvalue weighted by molar-refractivity contribution is 7.71. The summed E-state index contributed by atoms with van der Waals surface area (Å²) in [5.41, 5.74) is 4.09. The lowest BCUT2D eigenvalue weighted by atomic mass is 10.2. The third-order valence-corrected chi connectivity index (χ3v) is 3.60. The van der Waals surface area contributed by atoms with Crippen LogP contribution in [0.1, 0.15) is 18.2 Å². The van der Waals surface area contributed by atoms with Crippen LogP contribution in [0.15, 0.2) is 24.3 Å². The van der Waals surface area contributed by atoms with E-state index in [-0.39, 0.29) is 0 Å². The summed E-state index contributed by atoms with van der Waals surface area (Å²) in [6.45, 7) is 4.72. The average molecular weight is 283 g/mol. The van der Waals surface area contributed by atoms with Gasteiger partial charge in [0, 0.05) is 6.54 Å². The molecular formula is C14H13N5S. The standard InChI is InChI=1S/C14H13N5S/c1-3-18-13-12(9(2)17-18)16-14(20)19(13)11-7-5-4-6-10(11)8-15/h4-7H,3H2,1-2H3,(H,16,20). The van der Waals surface area contributed by atoms with Gasteiger partial charge in [-0.05, 0) is 38.2 Å². The Hall–Kier alpha value is -2.39. The van der Waals surface area contributed by atoms with Crippen LogP contribution in [0, 0.1) is 23.0 Å². The molecule has 0 spiro atoms. The molecule has 0 aliphatic carbocycles. The monoisotopic (exact) mass is 283 g/mol. The Morgan fingerprint density at radius 1 is 1.40 bits per heavy atom. The van der Waals surface area contributed by atoms with Crippen LogP contribution in [0.2, 0.25) is 0 Å². The minimum Gasteiger partial charge on any atom is -0.327 e. The van der Waals surface area contributed by atoms with Crippen LogP contribution in [-0.4, -0.2) is 19.3 Å². The third-order valence-electron chi connectivity index (χ3n) is 3.31. The van der Waals surface area contributed by atoms with Crippen molar-refractivity contribution in [3.8, 4) is 11.8 Å². The quantitative estimate of drug-likeness (QED) is 0.735. The first-order chi connectivity index (χ1) is 9.67. The fourth-order valence-corrected chi connectivity index (χ4v) is 2.70. The number of aryl methyl sites for hydroxylation is 2. The van der Waals surface area contributed by atoms with Crippen LogP contribution in [0.3, 0.4) is 0 Å². The Kier molecular flexibility index (Phi) is 2.92. The summed E-state index contributed by atoms with van der Waals surface area (Å²) in [7, 11) is 0. The lowest BCUT2D eigenvalue weighted by molar-refractivity contribution is 0.661. The predicted octanol–water partition coefficient (Wildman–Crippen LogP) is 3.08. The molecule has 100 valence electrons. The van der Waals surface area contributed by atoms with Gasteiger partial charge in [-0.25, -0.2) is 4.68 Å². The van der Waals surface area contributed by atoms with Gasteiger partial charge in [0.25, 0.3) is 0 Å². The highest BCUT2D eigenvalue weighted by atomic mass is 32.1. The number of nitriles is 1. The summed E-state index contributed by atoms with van der Waals surface area (Å²) < 4.78 is 4.35. The Morgan fingerprint density at radius 2 is 2.15 bits per heavy atom. The minimum atomic E-state index is 0.574. The molecule has 0 aliphatic heterocycles. The van der Waals surface area contributed by atoms with Crippen LogP contribution in [0.4, 0.5) is 0 Å². The van der Waals surface area contributed by atoms with E-state index in [0.29, 0.717) is 10.3 Å². The predicted molar refractivity (Wildman–Crippen MR) is 79.4 cm³/mol. The second-order valence-corrected chi connectivity index (χ2v) is 4.88. The number of aromatic nitrogens is 4. The fourth-order valence-electron chi connectivity index (χ4n) is 2.41. The van der Waals surface area contributed by atoms with Crippen molar-refractivity contribution in [2.24, 2.45) is 0 Å². The number of fused-ring (bicyclic) bond motifs is 1. The van der Waals surface area contributed by atoms with Crippen LogP contribution < -0.4 is 0 Å².